The zero-order valence-electron chi connectivity index (χ0n) is 14.5. The predicted octanol–water partition coefficient (Wildman–Crippen LogP) is 4.07. The van der Waals surface area contributed by atoms with E-state index in [0.29, 0.717) is 17.3 Å². The summed E-state index contributed by atoms with van der Waals surface area (Å²) in [7, 11) is 3.36. The molecule has 2 aromatic heterocycles. The SMILES string of the molecule is COc1ccc(Cl)cc1CN(C)C(=O)Cc1csc(-c2cccnc2)n1. The van der Waals surface area contributed by atoms with Gasteiger partial charge in [0.1, 0.15) is 10.8 Å². The minimum atomic E-state index is -0.0185. The summed E-state index contributed by atoms with van der Waals surface area (Å²) in [5.74, 6) is 0.691. The van der Waals surface area contributed by atoms with Crippen LogP contribution in [0.2, 0.25) is 5.02 Å². The fourth-order valence-corrected chi connectivity index (χ4v) is 3.52. The molecule has 1 amide bonds. The lowest BCUT2D eigenvalue weighted by Gasteiger charge is -2.18. The van der Waals surface area contributed by atoms with Crippen molar-refractivity contribution in [2.24, 2.45) is 0 Å². The minimum Gasteiger partial charge on any atom is -0.496 e. The van der Waals surface area contributed by atoms with Crippen molar-refractivity contribution in [1.82, 2.24) is 14.9 Å². The number of carbonyl (C=O) groups is 1. The van der Waals surface area contributed by atoms with Crippen molar-refractivity contribution in [3.8, 4) is 16.3 Å². The van der Waals surface area contributed by atoms with Crippen LogP contribution in [0.5, 0.6) is 5.75 Å². The molecule has 0 unspecified atom stereocenters. The number of halogens is 1. The fourth-order valence-electron chi connectivity index (χ4n) is 2.51. The van der Waals surface area contributed by atoms with Crippen LogP contribution in [0, 0.1) is 0 Å². The van der Waals surface area contributed by atoms with Crippen molar-refractivity contribution in [2.45, 2.75) is 13.0 Å². The summed E-state index contributed by atoms with van der Waals surface area (Å²) in [4.78, 5) is 22.8. The molecule has 134 valence electrons. The van der Waals surface area contributed by atoms with Gasteiger partial charge in [-0.15, -0.1) is 11.3 Å². The highest BCUT2D eigenvalue weighted by molar-refractivity contribution is 7.13. The average Bonchev–Trinajstić information content (AvgIpc) is 3.11. The number of methoxy groups -OCH3 is 1. The summed E-state index contributed by atoms with van der Waals surface area (Å²) in [6.07, 6.45) is 3.73. The number of rotatable bonds is 6. The highest BCUT2D eigenvalue weighted by Crippen LogP contribution is 2.25. The summed E-state index contributed by atoms with van der Waals surface area (Å²) in [5.41, 5.74) is 2.57. The maximum atomic E-state index is 12.6. The number of amides is 1. The second-order valence-electron chi connectivity index (χ2n) is 5.77. The molecule has 0 spiro atoms. The third-order valence-electron chi connectivity index (χ3n) is 3.87. The van der Waals surface area contributed by atoms with Crippen molar-refractivity contribution in [3.05, 3.63) is 64.4 Å². The zero-order valence-corrected chi connectivity index (χ0v) is 16.0. The molecule has 0 N–H and O–H groups in total. The van der Waals surface area contributed by atoms with Crippen LogP contribution < -0.4 is 4.74 Å². The van der Waals surface area contributed by atoms with Crippen LogP contribution in [0.15, 0.2) is 48.1 Å². The van der Waals surface area contributed by atoms with E-state index in [0.717, 1.165) is 21.8 Å². The van der Waals surface area contributed by atoms with E-state index >= 15 is 0 Å². The van der Waals surface area contributed by atoms with Crippen LogP contribution in [0.25, 0.3) is 10.6 Å². The van der Waals surface area contributed by atoms with Crippen molar-refractivity contribution in [1.29, 1.82) is 0 Å². The summed E-state index contributed by atoms with van der Waals surface area (Å²) < 4.78 is 5.34. The van der Waals surface area contributed by atoms with Crippen LogP contribution in [0.4, 0.5) is 0 Å². The number of thiazole rings is 1. The lowest BCUT2D eigenvalue weighted by molar-refractivity contribution is -0.129. The molecular weight excluding hydrogens is 370 g/mol. The Morgan fingerprint density at radius 1 is 1.35 bits per heavy atom. The highest BCUT2D eigenvalue weighted by Gasteiger charge is 2.15. The van der Waals surface area contributed by atoms with Crippen molar-refractivity contribution >= 4 is 28.8 Å². The topological polar surface area (TPSA) is 55.3 Å². The lowest BCUT2D eigenvalue weighted by atomic mass is 10.2. The molecule has 0 aliphatic heterocycles. The monoisotopic (exact) mass is 387 g/mol. The van der Waals surface area contributed by atoms with Gasteiger partial charge in [-0.25, -0.2) is 4.98 Å². The molecule has 0 aliphatic carbocycles. The number of nitrogens with zero attached hydrogens (tertiary/aromatic N) is 3. The largest absolute Gasteiger partial charge is 0.496 e. The first-order valence-corrected chi connectivity index (χ1v) is 9.23. The molecular formula is C19H18ClN3O2S. The first-order valence-electron chi connectivity index (χ1n) is 7.98. The van der Waals surface area contributed by atoms with Gasteiger partial charge in [0.15, 0.2) is 0 Å². The Balaban J connectivity index is 1.67. The van der Waals surface area contributed by atoms with Crippen LogP contribution in [-0.4, -0.2) is 34.9 Å². The quantitative estimate of drug-likeness (QED) is 0.639. The van der Waals surface area contributed by atoms with Crippen molar-refractivity contribution in [2.75, 3.05) is 14.2 Å². The molecule has 0 radical (unpaired) electrons. The molecule has 3 aromatic rings. The molecule has 5 nitrogen and oxygen atoms in total. The molecule has 0 fully saturated rings. The van der Waals surface area contributed by atoms with E-state index in [-0.39, 0.29) is 12.3 Å². The third kappa shape index (κ3) is 4.39. The van der Waals surface area contributed by atoms with Gasteiger partial charge in [0.05, 0.1) is 19.2 Å². The molecule has 2 heterocycles. The Bertz CT molecular complexity index is 899. The summed E-state index contributed by atoms with van der Waals surface area (Å²) in [6, 6.07) is 9.20. The highest BCUT2D eigenvalue weighted by atomic mass is 35.5. The molecule has 7 heteroatoms. The van der Waals surface area contributed by atoms with Crippen LogP contribution in [-0.2, 0) is 17.8 Å². The van der Waals surface area contributed by atoms with E-state index in [4.69, 9.17) is 16.3 Å². The predicted molar refractivity (Wildman–Crippen MR) is 104 cm³/mol. The Labute approximate surface area is 161 Å². The standard InChI is InChI=1S/C19H18ClN3O2S/c1-23(11-14-8-15(20)5-6-17(14)25-2)18(24)9-16-12-26-19(22-16)13-4-3-7-21-10-13/h3-8,10,12H,9,11H2,1-2H3. The zero-order chi connectivity index (χ0) is 18.5. The number of likely N-dealkylation sites (N-methyl/N-ethyl adjacent to an activating group) is 1. The maximum Gasteiger partial charge on any atom is 0.228 e. The lowest BCUT2D eigenvalue weighted by Crippen LogP contribution is -2.28. The van der Waals surface area contributed by atoms with Gasteiger partial charge in [-0.3, -0.25) is 9.78 Å². The van der Waals surface area contributed by atoms with Gasteiger partial charge >= 0.3 is 0 Å². The van der Waals surface area contributed by atoms with E-state index in [2.05, 4.69) is 9.97 Å². The van der Waals surface area contributed by atoms with Crippen molar-refractivity contribution in [3.63, 3.8) is 0 Å². The van der Waals surface area contributed by atoms with Crippen molar-refractivity contribution < 1.29 is 9.53 Å². The van der Waals surface area contributed by atoms with Gasteiger partial charge in [0, 0.05) is 47.5 Å². The van der Waals surface area contributed by atoms with E-state index in [1.807, 2.05) is 23.6 Å². The molecule has 1 aromatic carbocycles. The summed E-state index contributed by atoms with van der Waals surface area (Å²) in [6.45, 7) is 0.419. The van der Waals surface area contributed by atoms with Gasteiger partial charge in [-0.1, -0.05) is 11.6 Å². The summed E-state index contributed by atoms with van der Waals surface area (Å²) >= 11 is 7.56. The van der Waals surface area contributed by atoms with E-state index < -0.39 is 0 Å². The minimum absolute atomic E-state index is 0.0185. The molecule has 0 saturated heterocycles. The molecule has 26 heavy (non-hydrogen) atoms. The number of pyridine rings is 1. The number of aromatic nitrogens is 2. The number of hydrogen-bond donors (Lipinski definition) is 0. The van der Waals surface area contributed by atoms with Gasteiger partial charge < -0.3 is 9.64 Å². The number of carbonyl (C=O) groups excluding carboxylic acids is 1. The first kappa shape index (κ1) is 18.4. The Morgan fingerprint density at radius 2 is 2.19 bits per heavy atom. The molecule has 0 aliphatic rings. The second kappa shape index (κ2) is 8.29. The smallest absolute Gasteiger partial charge is 0.228 e. The fraction of sp³-hybridized carbons (Fsp3) is 0.211. The molecule has 0 bridgehead atoms. The van der Waals surface area contributed by atoms with Gasteiger partial charge in [-0.05, 0) is 30.3 Å². The van der Waals surface area contributed by atoms with Crippen LogP contribution >= 0.6 is 22.9 Å². The summed E-state index contributed by atoms with van der Waals surface area (Å²) in [5, 5.41) is 3.39. The first-order chi connectivity index (χ1) is 12.6. The molecule has 3 rings (SSSR count). The van der Waals surface area contributed by atoms with Crippen LogP contribution in [0.3, 0.4) is 0 Å². The third-order valence-corrected chi connectivity index (χ3v) is 5.04. The van der Waals surface area contributed by atoms with Gasteiger partial charge in [-0.2, -0.15) is 0 Å². The maximum absolute atomic E-state index is 12.6. The second-order valence-corrected chi connectivity index (χ2v) is 7.06. The average molecular weight is 388 g/mol. The number of hydrogen-bond acceptors (Lipinski definition) is 5. The Morgan fingerprint density at radius 3 is 2.92 bits per heavy atom. The van der Waals surface area contributed by atoms with E-state index in [1.165, 1.54) is 11.3 Å². The normalized spacial score (nSPS) is 10.6. The Kier molecular flexibility index (Phi) is 5.85. The van der Waals surface area contributed by atoms with Crippen LogP contribution in [0.1, 0.15) is 11.3 Å². The molecule has 0 saturated carbocycles. The van der Waals surface area contributed by atoms with E-state index in [1.54, 1.807) is 43.6 Å². The number of ether oxygens (including phenoxy) is 1. The van der Waals surface area contributed by atoms with Gasteiger partial charge in [0.2, 0.25) is 5.91 Å². The number of benzene rings is 1. The molecule has 0 atom stereocenters. The van der Waals surface area contributed by atoms with Gasteiger partial charge in [0.25, 0.3) is 0 Å². The Hall–Kier alpha value is -2.44. The van der Waals surface area contributed by atoms with E-state index in [9.17, 15) is 4.79 Å².